The molecule has 0 saturated carbocycles. The van der Waals surface area contributed by atoms with Crippen molar-refractivity contribution in [1.82, 2.24) is 24.4 Å². The number of carbonyl (C=O) groups is 1. The van der Waals surface area contributed by atoms with E-state index in [9.17, 15) is 9.59 Å². The summed E-state index contributed by atoms with van der Waals surface area (Å²) in [5.41, 5.74) is 3.14. The van der Waals surface area contributed by atoms with Crippen LogP contribution < -0.4 is 5.56 Å². The lowest BCUT2D eigenvalue weighted by molar-refractivity contribution is -0.135. The van der Waals surface area contributed by atoms with Crippen molar-refractivity contribution in [2.24, 2.45) is 5.92 Å². The third-order valence-corrected chi connectivity index (χ3v) is 7.36. The monoisotopic (exact) mass is 439 g/mol. The minimum absolute atomic E-state index is 0.0706. The van der Waals surface area contributed by atoms with E-state index in [4.69, 9.17) is 4.98 Å². The highest BCUT2D eigenvalue weighted by Gasteiger charge is 2.29. The number of nitrogens with zero attached hydrogens (tertiary/aromatic N) is 4. The molecule has 0 radical (unpaired) electrons. The van der Waals surface area contributed by atoms with Gasteiger partial charge in [-0.05, 0) is 30.8 Å². The van der Waals surface area contributed by atoms with E-state index in [1.54, 1.807) is 20.8 Å². The number of likely N-dealkylation sites (tertiary alicyclic amines) is 1. The fourth-order valence-corrected chi connectivity index (χ4v) is 5.59. The van der Waals surface area contributed by atoms with Crippen LogP contribution in [-0.2, 0) is 24.3 Å². The van der Waals surface area contributed by atoms with Gasteiger partial charge in [0.2, 0.25) is 5.91 Å². The standard InChI is InChI=1S/C23H29N5O2S/c1-15(2)22(29)27-10-8-18-17(14-27)23(30)28-21(24-18)12-19(25-28)20-7-3-4-9-26(20)13-16-6-5-11-31-16/h5-6,11-12,15,20,25H,3-4,7-10,13-14H2,1-2H3/t20-/m1/s1. The Morgan fingerprint density at radius 3 is 2.97 bits per heavy atom. The number of carbonyl (C=O) groups excluding carboxylic acids is 1. The zero-order chi connectivity index (χ0) is 21.5. The van der Waals surface area contributed by atoms with Gasteiger partial charge in [-0.1, -0.05) is 26.3 Å². The van der Waals surface area contributed by atoms with Gasteiger partial charge in [0, 0.05) is 36.4 Å². The average molecular weight is 440 g/mol. The number of rotatable bonds is 4. The molecule has 7 nitrogen and oxygen atoms in total. The topological polar surface area (TPSA) is 73.7 Å². The van der Waals surface area contributed by atoms with Crippen molar-refractivity contribution in [2.75, 3.05) is 13.1 Å². The summed E-state index contributed by atoms with van der Waals surface area (Å²) < 4.78 is 1.58. The predicted molar refractivity (Wildman–Crippen MR) is 121 cm³/mol. The molecule has 1 N–H and O–H groups in total. The van der Waals surface area contributed by atoms with Crippen molar-refractivity contribution in [3.05, 3.63) is 55.8 Å². The third kappa shape index (κ3) is 3.83. The van der Waals surface area contributed by atoms with Crippen LogP contribution in [-0.4, -0.2) is 43.4 Å². The molecule has 0 unspecified atom stereocenters. The zero-order valence-corrected chi connectivity index (χ0v) is 19.0. The largest absolute Gasteiger partial charge is 0.337 e. The quantitative estimate of drug-likeness (QED) is 0.677. The van der Waals surface area contributed by atoms with E-state index in [2.05, 4.69) is 27.5 Å². The summed E-state index contributed by atoms with van der Waals surface area (Å²) in [5, 5.41) is 5.48. The maximum absolute atomic E-state index is 13.3. The minimum Gasteiger partial charge on any atom is -0.337 e. The highest BCUT2D eigenvalue weighted by molar-refractivity contribution is 7.09. The van der Waals surface area contributed by atoms with E-state index in [0.29, 0.717) is 30.7 Å². The first kappa shape index (κ1) is 20.5. The number of amides is 1. The number of piperidine rings is 1. The average Bonchev–Trinajstić information content (AvgIpc) is 3.43. The Morgan fingerprint density at radius 1 is 1.32 bits per heavy atom. The molecule has 2 aliphatic heterocycles. The number of H-pyrrole nitrogens is 1. The molecule has 31 heavy (non-hydrogen) atoms. The molecule has 0 bridgehead atoms. The van der Waals surface area contributed by atoms with E-state index in [1.807, 2.05) is 19.9 Å². The van der Waals surface area contributed by atoms with E-state index in [1.165, 1.54) is 17.7 Å². The predicted octanol–water partition coefficient (Wildman–Crippen LogP) is 3.35. The van der Waals surface area contributed by atoms with E-state index in [-0.39, 0.29) is 23.4 Å². The number of aromatic nitrogens is 3. The SMILES string of the molecule is CC(C)C(=O)N1CCc2nc3cc([C@H]4CCCCN4Cc4cccs4)[nH]n3c(=O)c2C1. The molecule has 164 valence electrons. The van der Waals surface area contributed by atoms with Crippen LogP contribution in [0.1, 0.15) is 61.0 Å². The molecule has 2 aliphatic rings. The van der Waals surface area contributed by atoms with Crippen LogP contribution in [0.15, 0.2) is 28.4 Å². The van der Waals surface area contributed by atoms with Gasteiger partial charge in [-0.25, -0.2) is 9.50 Å². The lowest BCUT2D eigenvalue weighted by atomic mass is 9.99. The lowest BCUT2D eigenvalue weighted by Crippen LogP contribution is -2.41. The maximum Gasteiger partial charge on any atom is 0.277 e. The van der Waals surface area contributed by atoms with Crippen LogP contribution in [0.3, 0.4) is 0 Å². The van der Waals surface area contributed by atoms with Crippen molar-refractivity contribution in [3.8, 4) is 0 Å². The second-order valence-electron chi connectivity index (χ2n) is 8.97. The summed E-state index contributed by atoms with van der Waals surface area (Å²) in [6.45, 7) is 6.77. The number of hydrogen-bond acceptors (Lipinski definition) is 5. The summed E-state index contributed by atoms with van der Waals surface area (Å²) >= 11 is 1.79. The molecule has 1 amide bonds. The number of fused-ring (bicyclic) bond motifs is 2. The second kappa shape index (κ2) is 8.24. The zero-order valence-electron chi connectivity index (χ0n) is 18.1. The molecular formula is C23H29N5O2S. The van der Waals surface area contributed by atoms with Gasteiger partial charge in [-0.15, -0.1) is 11.3 Å². The van der Waals surface area contributed by atoms with E-state index in [0.717, 1.165) is 30.9 Å². The van der Waals surface area contributed by atoms with Gasteiger partial charge >= 0.3 is 0 Å². The Bertz CT molecular complexity index is 1150. The van der Waals surface area contributed by atoms with Crippen LogP contribution >= 0.6 is 11.3 Å². The van der Waals surface area contributed by atoms with E-state index >= 15 is 0 Å². The molecule has 1 atom stereocenters. The van der Waals surface area contributed by atoms with Crippen molar-refractivity contribution < 1.29 is 4.79 Å². The van der Waals surface area contributed by atoms with Gasteiger partial charge < -0.3 is 4.90 Å². The van der Waals surface area contributed by atoms with Crippen LogP contribution in [0.4, 0.5) is 0 Å². The second-order valence-corrected chi connectivity index (χ2v) is 10.0. The molecule has 8 heteroatoms. The van der Waals surface area contributed by atoms with Gasteiger partial charge in [0.15, 0.2) is 5.65 Å². The summed E-state index contributed by atoms with van der Waals surface area (Å²) in [6.07, 6.45) is 4.09. The van der Waals surface area contributed by atoms with Crippen LogP contribution in [0.5, 0.6) is 0 Å². The molecular weight excluding hydrogens is 410 g/mol. The van der Waals surface area contributed by atoms with Gasteiger partial charge in [-0.2, -0.15) is 0 Å². The third-order valence-electron chi connectivity index (χ3n) is 6.50. The Hall–Kier alpha value is -2.45. The molecule has 0 spiro atoms. The highest BCUT2D eigenvalue weighted by atomic mass is 32.1. The minimum atomic E-state index is -0.0758. The summed E-state index contributed by atoms with van der Waals surface area (Å²) in [4.78, 5) is 36.2. The molecule has 0 aromatic carbocycles. The molecule has 3 aromatic rings. The number of aromatic amines is 1. The van der Waals surface area contributed by atoms with E-state index < -0.39 is 0 Å². The fraction of sp³-hybridized carbons (Fsp3) is 0.522. The Labute approximate surface area is 185 Å². The molecule has 0 aliphatic carbocycles. The first-order valence-electron chi connectivity index (χ1n) is 11.2. The molecule has 5 rings (SSSR count). The van der Waals surface area contributed by atoms with Crippen molar-refractivity contribution >= 4 is 22.9 Å². The maximum atomic E-state index is 13.3. The number of nitrogens with one attached hydrogen (secondary N) is 1. The Morgan fingerprint density at radius 2 is 2.19 bits per heavy atom. The van der Waals surface area contributed by atoms with Crippen molar-refractivity contribution in [1.29, 1.82) is 0 Å². The fourth-order valence-electron chi connectivity index (χ4n) is 4.86. The van der Waals surface area contributed by atoms with Crippen molar-refractivity contribution in [2.45, 2.75) is 58.7 Å². The number of hydrogen-bond donors (Lipinski definition) is 1. The first-order valence-corrected chi connectivity index (χ1v) is 12.1. The van der Waals surface area contributed by atoms with Gasteiger partial charge in [0.25, 0.3) is 5.56 Å². The molecule has 3 aromatic heterocycles. The van der Waals surface area contributed by atoms with Crippen LogP contribution in [0, 0.1) is 5.92 Å². The Kier molecular flexibility index (Phi) is 5.44. The highest BCUT2D eigenvalue weighted by Crippen LogP contribution is 2.32. The van der Waals surface area contributed by atoms with Crippen LogP contribution in [0.2, 0.25) is 0 Å². The van der Waals surface area contributed by atoms with Gasteiger partial charge in [0.05, 0.1) is 29.5 Å². The van der Waals surface area contributed by atoms with Crippen LogP contribution in [0.25, 0.3) is 5.65 Å². The summed E-state index contributed by atoms with van der Waals surface area (Å²) in [7, 11) is 0. The first-order chi connectivity index (χ1) is 15.0. The summed E-state index contributed by atoms with van der Waals surface area (Å²) in [6, 6.07) is 6.59. The molecule has 1 fully saturated rings. The smallest absolute Gasteiger partial charge is 0.277 e. The van der Waals surface area contributed by atoms with Crippen molar-refractivity contribution in [3.63, 3.8) is 0 Å². The normalized spacial score (nSPS) is 19.8. The van der Waals surface area contributed by atoms with Gasteiger partial charge in [-0.3, -0.25) is 19.6 Å². The Balaban J connectivity index is 1.47. The van der Waals surface area contributed by atoms with Gasteiger partial charge in [0.1, 0.15) is 0 Å². The lowest BCUT2D eigenvalue weighted by Gasteiger charge is -2.34. The summed E-state index contributed by atoms with van der Waals surface area (Å²) in [5.74, 6) is 0.0208. The molecule has 1 saturated heterocycles. The molecule has 5 heterocycles. The number of thiophene rings is 1.